The molecular formula is C18H15F3N4O3. The summed E-state index contributed by atoms with van der Waals surface area (Å²) in [4.78, 5) is 11.8. The lowest BCUT2D eigenvalue weighted by atomic mass is 10.2. The van der Waals surface area contributed by atoms with Crippen LogP contribution in [-0.2, 0) is 6.18 Å². The molecule has 1 aromatic carbocycles. The van der Waals surface area contributed by atoms with E-state index in [0.717, 1.165) is 12.1 Å². The van der Waals surface area contributed by atoms with Crippen LogP contribution in [0.2, 0.25) is 0 Å². The topological polar surface area (TPSA) is 89.3 Å². The Bertz CT molecular complexity index is 913. The highest BCUT2D eigenvalue weighted by molar-refractivity contribution is 5.89. The summed E-state index contributed by atoms with van der Waals surface area (Å²) in [6, 6.07) is 10.5. The molecule has 0 aliphatic rings. The van der Waals surface area contributed by atoms with Gasteiger partial charge < -0.3 is 19.8 Å². The molecule has 0 saturated heterocycles. The van der Waals surface area contributed by atoms with Gasteiger partial charge in [0.25, 0.3) is 0 Å². The Balaban J connectivity index is 1.42. The fourth-order valence-corrected chi connectivity index (χ4v) is 2.22. The van der Waals surface area contributed by atoms with E-state index in [4.69, 9.17) is 9.15 Å². The minimum absolute atomic E-state index is 0.0348. The highest BCUT2D eigenvalue weighted by Gasteiger charge is 2.30. The number of ether oxygens (including phenoxy) is 1. The number of carbonyl (C=O) groups is 1. The molecule has 0 fully saturated rings. The molecule has 2 heterocycles. The molecule has 2 N–H and O–H groups in total. The Labute approximate surface area is 157 Å². The van der Waals surface area contributed by atoms with Crippen LogP contribution in [0.15, 0.2) is 59.2 Å². The van der Waals surface area contributed by atoms with Gasteiger partial charge in [0.15, 0.2) is 5.76 Å². The third-order valence-electron chi connectivity index (χ3n) is 3.50. The molecule has 0 radical (unpaired) electrons. The zero-order valence-electron chi connectivity index (χ0n) is 14.4. The number of halogens is 3. The van der Waals surface area contributed by atoms with E-state index in [1.807, 2.05) is 0 Å². The third-order valence-corrected chi connectivity index (χ3v) is 3.50. The summed E-state index contributed by atoms with van der Waals surface area (Å²) in [5.41, 5.74) is -0.256. The molecule has 10 heteroatoms. The van der Waals surface area contributed by atoms with E-state index < -0.39 is 17.8 Å². The first kappa shape index (κ1) is 19.2. The van der Waals surface area contributed by atoms with Crippen molar-refractivity contribution in [3.8, 4) is 17.3 Å². The van der Waals surface area contributed by atoms with Crippen molar-refractivity contribution in [3.63, 3.8) is 0 Å². The number of hydrogen-bond acceptors (Lipinski definition) is 5. The zero-order valence-corrected chi connectivity index (χ0v) is 14.4. The number of aromatic nitrogens is 2. The van der Waals surface area contributed by atoms with Gasteiger partial charge in [0.05, 0.1) is 18.4 Å². The van der Waals surface area contributed by atoms with Gasteiger partial charge in [0, 0.05) is 11.8 Å². The average Bonchev–Trinajstić information content (AvgIpc) is 3.20. The van der Waals surface area contributed by atoms with E-state index in [1.165, 1.54) is 18.4 Å². The summed E-state index contributed by atoms with van der Waals surface area (Å²) in [6.45, 7) is 0.219. The molecule has 146 valence electrons. The Morgan fingerprint density at radius 1 is 1.11 bits per heavy atom. The van der Waals surface area contributed by atoms with Gasteiger partial charge in [-0.05, 0) is 36.4 Å². The Morgan fingerprint density at radius 2 is 1.96 bits per heavy atom. The van der Waals surface area contributed by atoms with Crippen LogP contribution in [0.25, 0.3) is 11.5 Å². The highest BCUT2D eigenvalue weighted by atomic mass is 19.4. The monoisotopic (exact) mass is 392 g/mol. The lowest BCUT2D eigenvalue weighted by Crippen LogP contribution is -2.32. The van der Waals surface area contributed by atoms with Crippen LogP contribution in [0.1, 0.15) is 5.56 Å². The summed E-state index contributed by atoms with van der Waals surface area (Å²) in [5.74, 6) is 0.836. The molecule has 3 aromatic rings. The molecule has 7 nitrogen and oxygen atoms in total. The van der Waals surface area contributed by atoms with Crippen LogP contribution >= 0.6 is 0 Å². The van der Waals surface area contributed by atoms with Crippen LogP contribution in [0.5, 0.6) is 5.88 Å². The number of alkyl halides is 3. The SMILES string of the molecule is O=C(NCCOc1ccc(-c2ccco2)nn1)Nc1cccc(C(F)(F)F)c1. The van der Waals surface area contributed by atoms with Crippen molar-refractivity contribution in [1.29, 1.82) is 0 Å². The molecule has 0 unspecified atom stereocenters. The van der Waals surface area contributed by atoms with Crippen LogP contribution in [-0.4, -0.2) is 29.4 Å². The van der Waals surface area contributed by atoms with Crippen molar-refractivity contribution in [3.05, 3.63) is 60.4 Å². The number of hydrogen-bond donors (Lipinski definition) is 2. The van der Waals surface area contributed by atoms with Gasteiger partial charge >= 0.3 is 12.2 Å². The normalized spacial score (nSPS) is 11.1. The van der Waals surface area contributed by atoms with E-state index in [2.05, 4.69) is 20.8 Å². The Kier molecular flexibility index (Phi) is 5.78. The number of nitrogens with zero attached hydrogens (tertiary/aromatic N) is 2. The standard InChI is InChI=1S/C18H15F3N4O3/c19-18(20,21)12-3-1-4-13(11-12)23-17(26)22-8-10-28-16-7-6-14(24-25-16)15-5-2-9-27-15/h1-7,9,11H,8,10H2,(H2,22,23,26). The van der Waals surface area contributed by atoms with E-state index in [9.17, 15) is 18.0 Å². The number of benzene rings is 1. The predicted molar refractivity (Wildman–Crippen MR) is 93.7 cm³/mol. The quantitative estimate of drug-likeness (QED) is 0.620. The summed E-state index contributed by atoms with van der Waals surface area (Å²) >= 11 is 0. The van der Waals surface area contributed by atoms with E-state index >= 15 is 0 Å². The van der Waals surface area contributed by atoms with Crippen molar-refractivity contribution >= 4 is 11.7 Å². The molecule has 2 aromatic heterocycles. The second-order valence-electron chi connectivity index (χ2n) is 5.54. The lowest BCUT2D eigenvalue weighted by Gasteiger charge is -2.11. The average molecular weight is 392 g/mol. The van der Waals surface area contributed by atoms with Gasteiger partial charge in [0.1, 0.15) is 12.3 Å². The summed E-state index contributed by atoms with van der Waals surface area (Å²) in [6.07, 6.45) is -2.95. The van der Waals surface area contributed by atoms with Crippen LogP contribution in [0.3, 0.4) is 0 Å². The van der Waals surface area contributed by atoms with Crippen LogP contribution in [0.4, 0.5) is 23.7 Å². The van der Waals surface area contributed by atoms with E-state index in [0.29, 0.717) is 11.5 Å². The maximum Gasteiger partial charge on any atom is 0.416 e. The molecule has 2 amide bonds. The van der Waals surface area contributed by atoms with Gasteiger partial charge in [-0.1, -0.05) is 6.07 Å². The fourth-order valence-electron chi connectivity index (χ4n) is 2.22. The first-order valence-corrected chi connectivity index (χ1v) is 8.14. The first-order chi connectivity index (χ1) is 13.4. The molecule has 0 spiro atoms. The molecule has 28 heavy (non-hydrogen) atoms. The summed E-state index contributed by atoms with van der Waals surface area (Å²) in [7, 11) is 0. The minimum atomic E-state index is -4.48. The molecule has 0 aliphatic heterocycles. The number of nitrogens with one attached hydrogen (secondary N) is 2. The molecular weight excluding hydrogens is 377 g/mol. The van der Waals surface area contributed by atoms with Crippen molar-refractivity contribution in [2.45, 2.75) is 6.18 Å². The molecule has 0 saturated carbocycles. The van der Waals surface area contributed by atoms with Crippen molar-refractivity contribution < 1.29 is 27.1 Å². The lowest BCUT2D eigenvalue weighted by molar-refractivity contribution is -0.137. The van der Waals surface area contributed by atoms with Gasteiger partial charge in [-0.2, -0.15) is 13.2 Å². The zero-order chi connectivity index (χ0) is 20.0. The number of rotatable bonds is 6. The largest absolute Gasteiger partial charge is 0.475 e. The number of furan rings is 1. The van der Waals surface area contributed by atoms with E-state index in [1.54, 1.807) is 24.3 Å². The molecule has 0 aliphatic carbocycles. The van der Waals surface area contributed by atoms with Gasteiger partial charge in [0.2, 0.25) is 5.88 Å². The van der Waals surface area contributed by atoms with Gasteiger partial charge in [-0.3, -0.25) is 0 Å². The van der Waals surface area contributed by atoms with E-state index in [-0.39, 0.29) is 24.7 Å². The number of anilines is 1. The highest BCUT2D eigenvalue weighted by Crippen LogP contribution is 2.30. The fraction of sp³-hybridized carbons (Fsp3) is 0.167. The van der Waals surface area contributed by atoms with Gasteiger partial charge in [-0.25, -0.2) is 4.79 Å². The van der Waals surface area contributed by atoms with Crippen LogP contribution < -0.4 is 15.4 Å². The first-order valence-electron chi connectivity index (χ1n) is 8.14. The Hall–Kier alpha value is -3.56. The molecule has 0 bridgehead atoms. The maximum absolute atomic E-state index is 12.7. The van der Waals surface area contributed by atoms with Crippen LogP contribution in [0, 0.1) is 0 Å². The number of carbonyl (C=O) groups excluding carboxylic acids is 1. The summed E-state index contributed by atoms with van der Waals surface area (Å²) in [5, 5.41) is 12.6. The van der Waals surface area contributed by atoms with Crippen molar-refractivity contribution in [1.82, 2.24) is 15.5 Å². The number of urea groups is 1. The predicted octanol–water partition coefficient (Wildman–Crippen LogP) is 3.96. The molecule has 0 atom stereocenters. The Morgan fingerprint density at radius 3 is 2.64 bits per heavy atom. The van der Waals surface area contributed by atoms with Crippen molar-refractivity contribution in [2.75, 3.05) is 18.5 Å². The maximum atomic E-state index is 12.7. The minimum Gasteiger partial charge on any atom is -0.475 e. The van der Waals surface area contributed by atoms with Crippen molar-refractivity contribution in [2.24, 2.45) is 0 Å². The van der Waals surface area contributed by atoms with Gasteiger partial charge in [-0.15, -0.1) is 10.2 Å². The third kappa shape index (κ3) is 5.22. The second kappa shape index (κ2) is 8.42. The summed E-state index contributed by atoms with van der Waals surface area (Å²) < 4.78 is 48.5. The smallest absolute Gasteiger partial charge is 0.416 e. The second-order valence-corrected chi connectivity index (χ2v) is 5.54. The molecule has 3 rings (SSSR count). The number of amides is 2.